The van der Waals surface area contributed by atoms with Gasteiger partial charge in [0, 0.05) is 19.0 Å². The lowest BCUT2D eigenvalue weighted by Crippen LogP contribution is -2.40. The SMILES string of the molecule is CC(C)CCNC(=O)C1CCN(Cc2ccccc2)CC1. The molecule has 0 aliphatic carbocycles. The number of piperidine rings is 1. The summed E-state index contributed by atoms with van der Waals surface area (Å²) in [6.07, 6.45) is 3.04. The maximum Gasteiger partial charge on any atom is 0.223 e. The molecule has 1 aromatic rings. The van der Waals surface area contributed by atoms with E-state index in [1.54, 1.807) is 0 Å². The summed E-state index contributed by atoms with van der Waals surface area (Å²) < 4.78 is 0. The highest BCUT2D eigenvalue weighted by Gasteiger charge is 2.24. The van der Waals surface area contributed by atoms with Crippen LogP contribution >= 0.6 is 0 Å². The fourth-order valence-electron chi connectivity index (χ4n) is 2.82. The molecule has 21 heavy (non-hydrogen) atoms. The van der Waals surface area contributed by atoms with E-state index in [1.807, 2.05) is 0 Å². The van der Waals surface area contributed by atoms with Crippen LogP contribution in [0.5, 0.6) is 0 Å². The number of likely N-dealkylation sites (tertiary alicyclic amines) is 1. The van der Waals surface area contributed by atoms with E-state index < -0.39 is 0 Å². The summed E-state index contributed by atoms with van der Waals surface area (Å²) in [7, 11) is 0. The summed E-state index contributed by atoms with van der Waals surface area (Å²) in [5.74, 6) is 1.12. The van der Waals surface area contributed by atoms with Crippen molar-refractivity contribution in [2.24, 2.45) is 11.8 Å². The van der Waals surface area contributed by atoms with Crippen molar-refractivity contribution in [2.75, 3.05) is 19.6 Å². The Bertz CT molecular complexity index is 422. The third-order valence-corrected chi connectivity index (χ3v) is 4.23. The second kappa shape index (κ2) is 8.18. The first-order chi connectivity index (χ1) is 10.1. The second-order valence-electron chi connectivity index (χ2n) is 6.51. The summed E-state index contributed by atoms with van der Waals surface area (Å²) >= 11 is 0. The lowest BCUT2D eigenvalue weighted by molar-refractivity contribution is -0.126. The number of benzene rings is 1. The van der Waals surface area contributed by atoms with E-state index in [0.717, 1.165) is 45.4 Å². The van der Waals surface area contributed by atoms with Gasteiger partial charge in [0.05, 0.1) is 0 Å². The minimum absolute atomic E-state index is 0.212. The van der Waals surface area contributed by atoms with Gasteiger partial charge in [-0.05, 0) is 43.8 Å². The fraction of sp³-hybridized carbons (Fsp3) is 0.611. The first-order valence-corrected chi connectivity index (χ1v) is 8.19. The number of nitrogens with zero attached hydrogens (tertiary/aromatic N) is 1. The number of rotatable bonds is 6. The Morgan fingerprint density at radius 3 is 2.52 bits per heavy atom. The Balaban J connectivity index is 1.69. The van der Waals surface area contributed by atoms with Crippen molar-refractivity contribution in [2.45, 2.75) is 39.7 Å². The van der Waals surface area contributed by atoms with Crippen LogP contribution in [0.3, 0.4) is 0 Å². The van der Waals surface area contributed by atoms with Crippen molar-refractivity contribution in [1.82, 2.24) is 10.2 Å². The van der Waals surface area contributed by atoms with Gasteiger partial charge in [-0.2, -0.15) is 0 Å². The van der Waals surface area contributed by atoms with Crippen LogP contribution in [-0.4, -0.2) is 30.4 Å². The molecular formula is C18H28N2O. The van der Waals surface area contributed by atoms with Gasteiger partial charge in [-0.25, -0.2) is 0 Å². The summed E-state index contributed by atoms with van der Waals surface area (Å²) in [5.41, 5.74) is 1.36. The van der Waals surface area contributed by atoms with Crippen molar-refractivity contribution in [3.63, 3.8) is 0 Å². The highest BCUT2D eigenvalue weighted by atomic mass is 16.1. The fourth-order valence-corrected chi connectivity index (χ4v) is 2.82. The zero-order valence-corrected chi connectivity index (χ0v) is 13.3. The first-order valence-electron chi connectivity index (χ1n) is 8.19. The average Bonchev–Trinajstić information content (AvgIpc) is 2.48. The third kappa shape index (κ3) is 5.50. The zero-order valence-electron chi connectivity index (χ0n) is 13.3. The summed E-state index contributed by atoms with van der Waals surface area (Å²) in [5, 5.41) is 3.09. The Morgan fingerprint density at radius 1 is 1.24 bits per heavy atom. The molecule has 0 bridgehead atoms. The molecule has 2 rings (SSSR count). The highest BCUT2D eigenvalue weighted by Crippen LogP contribution is 2.19. The molecule has 0 unspecified atom stereocenters. The van der Waals surface area contributed by atoms with Gasteiger partial charge < -0.3 is 5.32 Å². The van der Waals surface area contributed by atoms with Gasteiger partial charge in [-0.3, -0.25) is 9.69 Å². The molecule has 1 fully saturated rings. The van der Waals surface area contributed by atoms with Crippen LogP contribution in [0.4, 0.5) is 0 Å². The quantitative estimate of drug-likeness (QED) is 0.872. The maximum atomic E-state index is 12.1. The smallest absolute Gasteiger partial charge is 0.223 e. The number of carbonyl (C=O) groups excluding carboxylic acids is 1. The number of nitrogens with one attached hydrogen (secondary N) is 1. The standard InChI is InChI=1S/C18H28N2O/c1-15(2)8-11-19-18(21)17-9-12-20(13-10-17)14-16-6-4-3-5-7-16/h3-7,15,17H,8-14H2,1-2H3,(H,19,21). The van der Waals surface area contributed by atoms with Gasteiger partial charge in [-0.1, -0.05) is 44.2 Å². The van der Waals surface area contributed by atoms with Crippen LogP contribution in [0.15, 0.2) is 30.3 Å². The molecule has 1 amide bonds. The minimum atomic E-state index is 0.212. The predicted octanol–water partition coefficient (Wildman–Crippen LogP) is 3.06. The van der Waals surface area contributed by atoms with Crippen LogP contribution in [0.1, 0.15) is 38.7 Å². The number of carbonyl (C=O) groups is 1. The Morgan fingerprint density at radius 2 is 1.90 bits per heavy atom. The molecule has 1 aliphatic heterocycles. The summed E-state index contributed by atoms with van der Waals surface area (Å²) in [6.45, 7) is 8.25. The predicted molar refractivity (Wildman–Crippen MR) is 86.9 cm³/mol. The highest BCUT2D eigenvalue weighted by molar-refractivity contribution is 5.78. The topological polar surface area (TPSA) is 32.3 Å². The molecule has 0 saturated carbocycles. The molecule has 1 aromatic carbocycles. The van der Waals surface area contributed by atoms with E-state index in [-0.39, 0.29) is 11.8 Å². The molecule has 1 heterocycles. The zero-order chi connectivity index (χ0) is 15.1. The van der Waals surface area contributed by atoms with Crippen LogP contribution in [0.2, 0.25) is 0 Å². The number of hydrogen-bond donors (Lipinski definition) is 1. The Hall–Kier alpha value is -1.35. The van der Waals surface area contributed by atoms with Crippen molar-refractivity contribution in [3.8, 4) is 0 Å². The summed E-state index contributed by atoms with van der Waals surface area (Å²) in [6, 6.07) is 10.6. The molecule has 0 aromatic heterocycles. The van der Waals surface area contributed by atoms with Crippen LogP contribution in [0.25, 0.3) is 0 Å². The van der Waals surface area contributed by atoms with Crippen molar-refractivity contribution in [1.29, 1.82) is 0 Å². The maximum absolute atomic E-state index is 12.1. The van der Waals surface area contributed by atoms with E-state index >= 15 is 0 Å². The molecule has 3 nitrogen and oxygen atoms in total. The molecule has 0 radical (unpaired) electrons. The minimum Gasteiger partial charge on any atom is -0.356 e. The molecular weight excluding hydrogens is 260 g/mol. The van der Waals surface area contributed by atoms with Gasteiger partial charge in [0.25, 0.3) is 0 Å². The average molecular weight is 288 g/mol. The van der Waals surface area contributed by atoms with Crippen molar-refractivity contribution in [3.05, 3.63) is 35.9 Å². The van der Waals surface area contributed by atoms with E-state index in [2.05, 4.69) is 54.4 Å². The van der Waals surface area contributed by atoms with Gasteiger partial charge >= 0.3 is 0 Å². The molecule has 0 atom stereocenters. The second-order valence-corrected chi connectivity index (χ2v) is 6.51. The molecule has 116 valence electrons. The molecule has 0 spiro atoms. The molecule has 1 saturated heterocycles. The lowest BCUT2D eigenvalue weighted by atomic mass is 9.95. The van der Waals surface area contributed by atoms with Crippen molar-refractivity contribution >= 4 is 5.91 Å². The first kappa shape index (κ1) is 16.0. The molecule has 3 heteroatoms. The van der Waals surface area contributed by atoms with Gasteiger partial charge in [0.1, 0.15) is 0 Å². The monoisotopic (exact) mass is 288 g/mol. The lowest BCUT2D eigenvalue weighted by Gasteiger charge is -2.31. The number of hydrogen-bond acceptors (Lipinski definition) is 2. The van der Waals surface area contributed by atoms with E-state index in [0.29, 0.717) is 5.92 Å². The molecule has 1 N–H and O–H groups in total. The normalized spacial score (nSPS) is 17.1. The third-order valence-electron chi connectivity index (χ3n) is 4.23. The van der Waals surface area contributed by atoms with Gasteiger partial charge in [0.2, 0.25) is 5.91 Å². The van der Waals surface area contributed by atoms with Crippen molar-refractivity contribution < 1.29 is 4.79 Å². The van der Waals surface area contributed by atoms with Crippen LogP contribution in [0, 0.1) is 11.8 Å². The van der Waals surface area contributed by atoms with Crippen LogP contribution < -0.4 is 5.32 Å². The van der Waals surface area contributed by atoms with Crippen LogP contribution in [-0.2, 0) is 11.3 Å². The number of amides is 1. The van der Waals surface area contributed by atoms with E-state index in [9.17, 15) is 4.79 Å². The largest absolute Gasteiger partial charge is 0.356 e. The Kier molecular flexibility index (Phi) is 6.24. The van der Waals surface area contributed by atoms with Gasteiger partial charge in [0.15, 0.2) is 0 Å². The van der Waals surface area contributed by atoms with E-state index in [4.69, 9.17) is 0 Å². The Labute approximate surface area is 128 Å². The van der Waals surface area contributed by atoms with Gasteiger partial charge in [-0.15, -0.1) is 0 Å². The summed E-state index contributed by atoms with van der Waals surface area (Å²) in [4.78, 5) is 14.6. The van der Waals surface area contributed by atoms with E-state index in [1.165, 1.54) is 5.56 Å². The molecule has 1 aliphatic rings.